The van der Waals surface area contributed by atoms with Gasteiger partial charge in [-0.1, -0.05) is 28.1 Å². The molecule has 2 fully saturated rings. The van der Waals surface area contributed by atoms with Crippen molar-refractivity contribution < 1.29 is 4.79 Å². The second kappa shape index (κ2) is 9.76. The van der Waals surface area contributed by atoms with Crippen LogP contribution < -0.4 is 10.6 Å². The molecule has 2 aliphatic heterocycles. The number of rotatable bonds is 5. The quantitative estimate of drug-likeness (QED) is 0.775. The van der Waals surface area contributed by atoms with Gasteiger partial charge in [0.1, 0.15) is 0 Å². The van der Waals surface area contributed by atoms with Gasteiger partial charge in [-0.15, -0.1) is 12.4 Å². The van der Waals surface area contributed by atoms with E-state index < -0.39 is 0 Å². The Morgan fingerprint density at radius 2 is 2.21 bits per heavy atom. The van der Waals surface area contributed by atoms with Gasteiger partial charge >= 0.3 is 0 Å². The van der Waals surface area contributed by atoms with Crippen LogP contribution >= 0.6 is 28.3 Å². The summed E-state index contributed by atoms with van der Waals surface area (Å²) in [6.45, 7) is 5.01. The molecule has 0 aliphatic carbocycles. The molecular weight excluding hydrogens is 390 g/mol. The number of hydrogen-bond donors (Lipinski definition) is 2. The number of piperidine rings is 1. The van der Waals surface area contributed by atoms with Crippen molar-refractivity contribution in [2.45, 2.75) is 38.3 Å². The van der Waals surface area contributed by atoms with E-state index in [0.717, 1.165) is 50.0 Å². The minimum absolute atomic E-state index is 0. The van der Waals surface area contributed by atoms with E-state index in [1.165, 1.54) is 18.4 Å². The summed E-state index contributed by atoms with van der Waals surface area (Å²) in [6.07, 6.45) is 4.52. The fourth-order valence-corrected chi connectivity index (χ4v) is 4.08. The number of likely N-dealkylation sites (tertiary alicyclic amines) is 1. The number of hydrogen-bond acceptors (Lipinski definition) is 3. The van der Waals surface area contributed by atoms with Crippen LogP contribution in [0.15, 0.2) is 28.7 Å². The molecule has 2 N–H and O–H groups in total. The van der Waals surface area contributed by atoms with Gasteiger partial charge < -0.3 is 10.6 Å². The van der Waals surface area contributed by atoms with E-state index >= 15 is 0 Å². The molecule has 4 nitrogen and oxygen atoms in total. The van der Waals surface area contributed by atoms with Gasteiger partial charge in [0.2, 0.25) is 5.91 Å². The third kappa shape index (κ3) is 5.73. The predicted octanol–water partition coefficient (Wildman–Crippen LogP) is 2.95. The van der Waals surface area contributed by atoms with Crippen molar-refractivity contribution in [3.63, 3.8) is 0 Å². The largest absolute Gasteiger partial charge is 0.354 e. The maximum absolute atomic E-state index is 12.1. The Kier molecular flexibility index (Phi) is 8.01. The van der Waals surface area contributed by atoms with E-state index in [-0.39, 0.29) is 24.4 Å². The number of amides is 1. The number of carbonyl (C=O) groups excluding carboxylic acids is 1. The van der Waals surface area contributed by atoms with E-state index in [1.807, 2.05) is 0 Å². The summed E-state index contributed by atoms with van der Waals surface area (Å²) in [5.41, 5.74) is 1.35. The zero-order chi connectivity index (χ0) is 16.1. The van der Waals surface area contributed by atoms with Crippen molar-refractivity contribution in [2.75, 3.05) is 26.2 Å². The fourth-order valence-electron chi connectivity index (χ4n) is 3.63. The van der Waals surface area contributed by atoms with Gasteiger partial charge in [-0.25, -0.2) is 0 Å². The fraction of sp³-hybridized carbons (Fsp3) is 0.611. The lowest BCUT2D eigenvalue weighted by molar-refractivity contribution is -0.123. The molecule has 6 heteroatoms. The molecule has 24 heavy (non-hydrogen) atoms. The van der Waals surface area contributed by atoms with Crippen molar-refractivity contribution in [3.8, 4) is 0 Å². The zero-order valence-corrected chi connectivity index (χ0v) is 16.4. The first-order chi connectivity index (χ1) is 11.2. The van der Waals surface area contributed by atoms with Gasteiger partial charge in [-0.3, -0.25) is 9.69 Å². The highest BCUT2D eigenvalue weighted by Gasteiger charge is 2.24. The van der Waals surface area contributed by atoms with Crippen LogP contribution in [0.4, 0.5) is 0 Å². The van der Waals surface area contributed by atoms with Crippen LogP contribution in [0.2, 0.25) is 0 Å². The Morgan fingerprint density at radius 1 is 1.33 bits per heavy atom. The maximum Gasteiger partial charge on any atom is 0.237 e. The molecule has 134 valence electrons. The number of nitrogens with one attached hydrogen (secondary N) is 2. The predicted molar refractivity (Wildman–Crippen MR) is 103 cm³/mol. The highest BCUT2D eigenvalue weighted by Crippen LogP contribution is 2.20. The molecule has 2 aliphatic rings. The minimum atomic E-state index is 0. The van der Waals surface area contributed by atoms with Gasteiger partial charge in [0.15, 0.2) is 0 Å². The first kappa shape index (κ1) is 19.7. The van der Waals surface area contributed by atoms with Gasteiger partial charge in [0.05, 0.1) is 6.04 Å². The molecule has 3 rings (SSSR count). The van der Waals surface area contributed by atoms with Crippen molar-refractivity contribution >= 4 is 34.2 Å². The van der Waals surface area contributed by atoms with Crippen molar-refractivity contribution in [3.05, 3.63) is 34.3 Å². The summed E-state index contributed by atoms with van der Waals surface area (Å²) < 4.78 is 1.14. The third-order valence-electron chi connectivity index (χ3n) is 4.84. The van der Waals surface area contributed by atoms with Crippen molar-refractivity contribution in [2.24, 2.45) is 5.92 Å². The first-order valence-corrected chi connectivity index (χ1v) is 9.48. The van der Waals surface area contributed by atoms with Gasteiger partial charge in [-0.05, 0) is 62.4 Å². The maximum atomic E-state index is 12.1. The normalized spacial score (nSPS) is 24.4. The third-order valence-corrected chi connectivity index (χ3v) is 5.33. The van der Waals surface area contributed by atoms with E-state index in [9.17, 15) is 4.79 Å². The average Bonchev–Trinajstić information content (AvgIpc) is 3.07. The van der Waals surface area contributed by atoms with Crippen molar-refractivity contribution in [1.29, 1.82) is 0 Å². The standard InChI is InChI=1S/C18H26BrN3O.ClH/c19-16-6-1-4-14(10-16)12-22-9-3-5-15(13-22)11-21-18(23)17-7-2-8-20-17;/h1,4,6,10,15,17,20H,2-3,5,7-9,11-13H2,(H,21,23);1H. The molecule has 0 radical (unpaired) electrons. The van der Waals surface area contributed by atoms with Crippen molar-refractivity contribution in [1.82, 2.24) is 15.5 Å². The SMILES string of the molecule is Cl.O=C(NCC1CCCN(Cc2cccc(Br)c2)C1)C1CCCN1. The van der Waals surface area contributed by atoms with Crippen LogP contribution in [-0.2, 0) is 11.3 Å². The van der Waals surface area contributed by atoms with E-state index in [4.69, 9.17) is 0 Å². The molecule has 2 atom stereocenters. The summed E-state index contributed by atoms with van der Waals surface area (Å²) in [4.78, 5) is 14.6. The van der Waals surface area contributed by atoms with E-state index in [2.05, 4.69) is 55.7 Å². The summed E-state index contributed by atoms with van der Waals surface area (Å²) in [6, 6.07) is 8.57. The molecule has 1 aromatic carbocycles. The lowest BCUT2D eigenvalue weighted by atomic mass is 9.97. The highest BCUT2D eigenvalue weighted by molar-refractivity contribution is 9.10. The molecular formula is C18H27BrClN3O. The number of carbonyl (C=O) groups is 1. The minimum Gasteiger partial charge on any atom is -0.354 e. The van der Waals surface area contributed by atoms with Crippen LogP contribution in [0.25, 0.3) is 0 Å². The Labute approximate surface area is 159 Å². The van der Waals surface area contributed by atoms with Gasteiger partial charge in [0.25, 0.3) is 0 Å². The van der Waals surface area contributed by atoms with Gasteiger partial charge in [-0.2, -0.15) is 0 Å². The lowest BCUT2D eigenvalue weighted by Crippen LogP contribution is -2.45. The molecule has 2 unspecified atom stereocenters. The second-order valence-corrected chi connectivity index (χ2v) is 7.68. The topological polar surface area (TPSA) is 44.4 Å². The zero-order valence-electron chi connectivity index (χ0n) is 14.0. The Morgan fingerprint density at radius 3 is 2.96 bits per heavy atom. The van der Waals surface area contributed by atoms with Crippen LogP contribution in [0.1, 0.15) is 31.2 Å². The molecule has 0 aromatic heterocycles. The molecule has 1 amide bonds. The Bertz CT molecular complexity index is 537. The molecule has 0 bridgehead atoms. The van der Waals surface area contributed by atoms with Gasteiger partial charge in [0, 0.05) is 24.1 Å². The van der Waals surface area contributed by atoms with E-state index in [1.54, 1.807) is 0 Å². The molecule has 0 saturated carbocycles. The number of benzene rings is 1. The number of halogens is 2. The summed E-state index contributed by atoms with van der Waals surface area (Å²) in [5, 5.41) is 6.42. The van der Waals surface area contributed by atoms with Crippen LogP contribution in [0.5, 0.6) is 0 Å². The average molecular weight is 417 g/mol. The van der Waals surface area contributed by atoms with E-state index in [0.29, 0.717) is 5.92 Å². The first-order valence-electron chi connectivity index (χ1n) is 8.68. The molecule has 2 heterocycles. The van der Waals surface area contributed by atoms with Crippen LogP contribution in [0.3, 0.4) is 0 Å². The van der Waals surface area contributed by atoms with Crippen LogP contribution in [0, 0.1) is 5.92 Å². The molecule has 1 aromatic rings. The molecule has 0 spiro atoms. The smallest absolute Gasteiger partial charge is 0.237 e. The second-order valence-electron chi connectivity index (χ2n) is 6.77. The Balaban J connectivity index is 0.00000208. The summed E-state index contributed by atoms with van der Waals surface area (Å²) in [5.74, 6) is 0.757. The summed E-state index contributed by atoms with van der Waals surface area (Å²) in [7, 11) is 0. The van der Waals surface area contributed by atoms with Crippen LogP contribution in [-0.4, -0.2) is 43.0 Å². The Hall–Kier alpha value is -0.620. The monoisotopic (exact) mass is 415 g/mol. The summed E-state index contributed by atoms with van der Waals surface area (Å²) >= 11 is 3.54. The highest BCUT2D eigenvalue weighted by atomic mass is 79.9. The molecule has 2 saturated heterocycles. The number of nitrogens with zero attached hydrogens (tertiary/aromatic N) is 1. The lowest BCUT2D eigenvalue weighted by Gasteiger charge is -2.33.